The van der Waals surface area contributed by atoms with Crippen LogP contribution in [0.25, 0.3) is 0 Å². The summed E-state index contributed by atoms with van der Waals surface area (Å²) in [7, 11) is 0. The van der Waals surface area contributed by atoms with Crippen molar-refractivity contribution in [3.8, 4) is 0 Å². The molecule has 10 heavy (non-hydrogen) atoms. The lowest BCUT2D eigenvalue weighted by atomic mass is 10.2. The summed E-state index contributed by atoms with van der Waals surface area (Å²) < 4.78 is 4.52. The van der Waals surface area contributed by atoms with Crippen molar-refractivity contribution in [2.45, 2.75) is 12.7 Å². The van der Waals surface area contributed by atoms with Gasteiger partial charge in [-0.3, -0.25) is 0 Å². The molecule has 0 fully saturated rings. The van der Waals surface area contributed by atoms with Crippen LogP contribution in [0, 0.1) is 0 Å². The third kappa shape index (κ3) is 0.552. The number of allylic oxidation sites excluding steroid dienone is 1. The second-order valence-corrected chi connectivity index (χ2v) is 2.30. The lowest BCUT2D eigenvalue weighted by Gasteiger charge is -2.02. The summed E-state index contributed by atoms with van der Waals surface area (Å²) in [5, 5.41) is 9.03. The van der Waals surface area contributed by atoms with E-state index in [0.29, 0.717) is 17.6 Å². The fourth-order valence-electron chi connectivity index (χ4n) is 1.19. The second kappa shape index (κ2) is 1.70. The van der Waals surface area contributed by atoms with Crippen LogP contribution in [0.2, 0.25) is 0 Å². The van der Waals surface area contributed by atoms with Crippen molar-refractivity contribution in [2.24, 2.45) is 0 Å². The van der Waals surface area contributed by atoms with Crippen LogP contribution in [0.5, 0.6) is 0 Å². The molecular weight excluding hydrogens is 132 g/mol. The Hall–Kier alpha value is -1.09. The van der Waals surface area contributed by atoms with Gasteiger partial charge in [0.25, 0.3) is 0 Å². The van der Waals surface area contributed by atoms with E-state index < -0.39 is 12.3 Å². The number of hydrogen-bond donors (Lipinski definition) is 1. The number of carbonyl (C=O) groups is 1. The summed E-state index contributed by atoms with van der Waals surface area (Å²) in [4.78, 5) is 10.8. The van der Waals surface area contributed by atoms with E-state index in [0.717, 1.165) is 0 Å². The first-order valence-electron chi connectivity index (χ1n) is 3.07. The Bertz CT molecular complexity index is 250. The Morgan fingerprint density at radius 1 is 1.70 bits per heavy atom. The first kappa shape index (κ1) is 5.68. The average molecular weight is 138 g/mol. The quantitative estimate of drug-likeness (QED) is 0.483. The van der Waals surface area contributed by atoms with Gasteiger partial charge in [0.2, 0.25) is 6.29 Å². The van der Waals surface area contributed by atoms with E-state index in [9.17, 15) is 4.79 Å². The maximum absolute atomic E-state index is 10.8. The molecule has 0 amide bonds. The molecule has 1 N–H and O–H groups in total. The number of aliphatic hydroxyl groups is 1. The molecule has 52 valence electrons. The van der Waals surface area contributed by atoms with Crippen LogP contribution in [0.4, 0.5) is 0 Å². The third-order valence-electron chi connectivity index (χ3n) is 1.70. The summed E-state index contributed by atoms with van der Waals surface area (Å²) >= 11 is 0. The normalized spacial score (nSPS) is 29.3. The smallest absolute Gasteiger partial charge is 0.340 e. The molecule has 0 bridgehead atoms. The van der Waals surface area contributed by atoms with E-state index in [1.807, 2.05) is 6.08 Å². The highest BCUT2D eigenvalue weighted by atomic mass is 16.6. The Labute approximate surface area is 57.6 Å². The van der Waals surface area contributed by atoms with Crippen molar-refractivity contribution >= 4 is 5.97 Å². The van der Waals surface area contributed by atoms with Crippen LogP contribution in [-0.4, -0.2) is 17.4 Å². The minimum Gasteiger partial charge on any atom is -0.428 e. The predicted octanol–water partition coefficient (Wildman–Crippen LogP) is 0.118. The van der Waals surface area contributed by atoms with Crippen molar-refractivity contribution in [1.82, 2.24) is 0 Å². The first-order chi connectivity index (χ1) is 4.79. The summed E-state index contributed by atoms with van der Waals surface area (Å²) in [5.41, 5.74) is 1.23. The van der Waals surface area contributed by atoms with E-state index >= 15 is 0 Å². The van der Waals surface area contributed by atoms with Gasteiger partial charge in [0.1, 0.15) is 0 Å². The highest BCUT2D eigenvalue weighted by molar-refractivity contribution is 5.96. The van der Waals surface area contributed by atoms with Crippen molar-refractivity contribution in [3.05, 3.63) is 23.3 Å². The Balaban J connectivity index is 2.43. The average Bonchev–Trinajstić information content (AvgIpc) is 2.39. The molecule has 0 aromatic rings. The Kier molecular flexibility index (Phi) is 0.964. The Morgan fingerprint density at radius 2 is 2.50 bits per heavy atom. The van der Waals surface area contributed by atoms with Crippen LogP contribution < -0.4 is 0 Å². The molecule has 1 aliphatic heterocycles. The zero-order valence-corrected chi connectivity index (χ0v) is 5.20. The van der Waals surface area contributed by atoms with Crippen LogP contribution in [0.3, 0.4) is 0 Å². The highest BCUT2D eigenvalue weighted by Gasteiger charge is 2.32. The molecule has 1 aliphatic carbocycles. The van der Waals surface area contributed by atoms with Crippen LogP contribution in [-0.2, 0) is 9.53 Å². The van der Waals surface area contributed by atoms with Crippen molar-refractivity contribution in [1.29, 1.82) is 0 Å². The molecule has 3 heteroatoms. The van der Waals surface area contributed by atoms with Gasteiger partial charge in [0, 0.05) is 5.57 Å². The molecule has 3 nitrogen and oxygen atoms in total. The lowest BCUT2D eigenvalue weighted by Crippen LogP contribution is -2.09. The van der Waals surface area contributed by atoms with Crippen molar-refractivity contribution < 1.29 is 14.6 Å². The SMILES string of the molecule is O=C1OC(O)C2=C1C=CC2. The number of cyclic esters (lactones) is 1. The predicted molar refractivity (Wildman–Crippen MR) is 32.9 cm³/mol. The number of hydrogen-bond acceptors (Lipinski definition) is 3. The van der Waals surface area contributed by atoms with E-state index in [1.54, 1.807) is 6.08 Å². The summed E-state index contributed by atoms with van der Waals surface area (Å²) in [5.74, 6) is -0.406. The van der Waals surface area contributed by atoms with E-state index in [2.05, 4.69) is 4.74 Å². The minimum atomic E-state index is -0.988. The van der Waals surface area contributed by atoms with E-state index in [-0.39, 0.29) is 0 Å². The van der Waals surface area contributed by atoms with Gasteiger partial charge in [-0.1, -0.05) is 12.2 Å². The van der Waals surface area contributed by atoms with Crippen LogP contribution in [0.15, 0.2) is 23.3 Å². The fraction of sp³-hybridized carbons (Fsp3) is 0.286. The molecular formula is C7H6O3. The molecule has 2 aliphatic rings. The molecule has 0 radical (unpaired) electrons. The zero-order valence-electron chi connectivity index (χ0n) is 5.20. The topological polar surface area (TPSA) is 46.5 Å². The molecule has 1 atom stereocenters. The van der Waals surface area contributed by atoms with E-state index in [1.165, 1.54) is 0 Å². The maximum Gasteiger partial charge on any atom is 0.340 e. The van der Waals surface area contributed by atoms with Gasteiger partial charge in [0.05, 0.1) is 5.57 Å². The molecule has 0 saturated heterocycles. The second-order valence-electron chi connectivity index (χ2n) is 2.30. The molecule has 1 heterocycles. The molecule has 1 unspecified atom stereocenters. The van der Waals surface area contributed by atoms with Gasteiger partial charge >= 0.3 is 5.97 Å². The molecule has 0 saturated carbocycles. The number of aliphatic hydroxyl groups excluding tert-OH is 1. The molecule has 0 aromatic carbocycles. The van der Waals surface area contributed by atoms with Crippen molar-refractivity contribution in [2.75, 3.05) is 0 Å². The summed E-state index contributed by atoms with van der Waals surface area (Å²) in [6.07, 6.45) is 3.18. The monoisotopic (exact) mass is 138 g/mol. The number of esters is 1. The summed E-state index contributed by atoms with van der Waals surface area (Å²) in [6.45, 7) is 0. The number of carbonyl (C=O) groups excluding carboxylic acids is 1. The zero-order chi connectivity index (χ0) is 7.14. The van der Waals surface area contributed by atoms with Gasteiger partial charge in [-0.2, -0.15) is 0 Å². The van der Waals surface area contributed by atoms with Gasteiger partial charge in [-0.25, -0.2) is 4.79 Å². The number of rotatable bonds is 0. The van der Waals surface area contributed by atoms with Gasteiger partial charge in [-0.05, 0) is 6.42 Å². The van der Waals surface area contributed by atoms with Crippen LogP contribution in [0.1, 0.15) is 6.42 Å². The largest absolute Gasteiger partial charge is 0.428 e. The minimum absolute atomic E-state index is 0.406. The first-order valence-corrected chi connectivity index (χ1v) is 3.07. The molecule has 0 aromatic heterocycles. The van der Waals surface area contributed by atoms with E-state index in [4.69, 9.17) is 5.11 Å². The standard InChI is InChI=1S/C7H6O3/c8-6-4-2-1-3-5(4)7(9)10-6/h1-2,7,9H,3H2. The molecule has 0 spiro atoms. The Morgan fingerprint density at radius 3 is 3.20 bits per heavy atom. The lowest BCUT2D eigenvalue weighted by molar-refractivity contribution is -0.151. The van der Waals surface area contributed by atoms with Gasteiger partial charge in [0.15, 0.2) is 0 Å². The maximum atomic E-state index is 10.8. The molecule has 2 rings (SSSR count). The van der Waals surface area contributed by atoms with Crippen LogP contribution >= 0.6 is 0 Å². The van der Waals surface area contributed by atoms with Gasteiger partial charge < -0.3 is 9.84 Å². The number of ether oxygens (including phenoxy) is 1. The third-order valence-corrected chi connectivity index (χ3v) is 1.70. The van der Waals surface area contributed by atoms with Gasteiger partial charge in [-0.15, -0.1) is 0 Å². The fourth-order valence-corrected chi connectivity index (χ4v) is 1.19. The highest BCUT2D eigenvalue weighted by Crippen LogP contribution is 2.29. The summed E-state index contributed by atoms with van der Waals surface area (Å²) in [6, 6.07) is 0. The van der Waals surface area contributed by atoms with Crippen molar-refractivity contribution in [3.63, 3.8) is 0 Å².